The van der Waals surface area contributed by atoms with Crippen LogP contribution in [0.15, 0.2) is 22.9 Å². The molecule has 26 heavy (non-hydrogen) atoms. The zero-order chi connectivity index (χ0) is 18.5. The summed E-state index contributed by atoms with van der Waals surface area (Å²) in [5, 5.41) is 7.52. The third-order valence-electron chi connectivity index (χ3n) is 3.98. The van der Waals surface area contributed by atoms with E-state index in [0.29, 0.717) is 30.1 Å². The second-order valence-corrected chi connectivity index (χ2v) is 6.97. The number of fused-ring (bicyclic) bond motifs is 1. The molecule has 7 nitrogen and oxygen atoms in total. The minimum absolute atomic E-state index is 0.0978. The van der Waals surface area contributed by atoms with Crippen molar-refractivity contribution < 1.29 is 22.5 Å². The lowest BCUT2D eigenvalue weighted by molar-refractivity contribution is -0.159. The molecule has 3 aromatic rings. The Kier molecular flexibility index (Phi) is 3.83. The maximum Gasteiger partial charge on any atom is 0.471 e. The van der Waals surface area contributed by atoms with E-state index >= 15 is 0 Å². The van der Waals surface area contributed by atoms with Crippen molar-refractivity contribution in [2.45, 2.75) is 19.1 Å². The molecule has 3 aromatic heterocycles. The van der Waals surface area contributed by atoms with Gasteiger partial charge in [-0.05, 0) is 24.1 Å². The summed E-state index contributed by atoms with van der Waals surface area (Å²) in [5.74, 6) is -1.65. The van der Waals surface area contributed by atoms with Crippen molar-refractivity contribution in [3.63, 3.8) is 0 Å². The van der Waals surface area contributed by atoms with Crippen LogP contribution in [0.2, 0.25) is 0 Å². The van der Waals surface area contributed by atoms with Crippen LogP contribution in [0.1, 0.15) is 26.8 Å². The van der Waals surface area contributed by atoms with Crippen LogP contribution in [0.25, 0.3) is 10.7 Å². The van der Waals surface area contributed by atoms with E-state index in [2.05, 4.69) is 19.8 Å². The number of hydrogen-bond acceptors (Lipinski definition) is 6. The van der Waals surface area contributed by atoms with Crippen LogP contribution >= 0.6 is 11.3 Å². The number of alkyl halides is 3. The molecule has 0 N–H and O–H groups in total. The Labute approximate surface area is 149 Å². The summed E-state index contributed by atoms with van der Waals surface area (Å²) in [5.41, 5.74) is 1.23. The van der Waals surface area contributed by atoms with Crippen molar-refractivity contribution in [3.05, 3.63) is 40.4 Å². The minimum Gasteiger partial charge on any atom is -0.333 e. The topological polar surface area (TPSA) is 77.0 Å². The number of carbonyl (C=O) groups is 1. The molecule has 11 heteroatoms. The summed E-state index contributed by atoms with van der Waals surface area (Å²) in [6.07, 6.45) is -2.36. The molecule has 136 valence electrons. The molecule has 0 radical (unpaired) electrons. The van der Waals surface area contributed by atoms with Crippen molar-refractivity contribution in [1.82, 2.24) is 24.8 Å². The molecule has 1 aliphatic heterocycles. The van der Waals surface area contributed by atoms with Gasteiger partial charge in [-0.25, -0.2) is 0 Å². The molecular formula is C15H12F3N5O2S. The molecule has 0 bridgehead atoms. The molecule has 0 spiro atoms. The maximum atomic E-state index is 12.6. The molecule has 0 saturated carbocycles. The molecule has 1 amide bonds. The number of nitrogens with zero attached hydrogens (tertiary/aromatic N) is 5. The van der Waals surface area contributed by atoms with E-state index in [0.717, 1.165) is 10.4 Å². The Hall–Kier alpha value is -2.69. The fourth-order valence-electron chi connectivity index (χ4n) is 2.75. The van der Waals surface area contributed by atoms with Gasteiger partial charge in [0, 0.05) is 31.2 Å². The van der Waals surface area contributed by atoms with Crippen molar-refractivity contribution in [2.75, 3.05) is 6.54 Å². The first kappa shape index (κ1) is 16.8. The molecular weight excluding hydrogens is 371 g/mol. The van der Waals surface area contributed by atoms with E-state index in [1.54, 1.807) is 35.0 Å². The van der Waals surface area contributed by atoms with Gasteiger partial charge in [0.25, 0.3) is 5.91 Å². The average molecular weight is 383 g/mol. The molecule has 4 rings (SSSR count). The van der Waals surface area contributed by atoms with Crippen molar-refractivity contribution >= 4 is 17.2 Å². The van der Waals surface area contributed by atoms with Gasteiger partial charge < -0.3 is 9.42 Å². The summed E-state index contributed by atoms with van der Waals surface area (Å²) in [7, 11) is 1.73. The number of rotatable bonds is 2. The molecule has 0 unspecified atom stereocenters. The van der Waals surface area contributed by atoms with E-state index in [4.69, 9.17) is 0 Å². The van der Waals surface area contributed by atoms with Gasteiger partial charge in [-0.15, -0.1) is 11.3 Å². The van der Waals surface area contributed by atoms with E-state index in [9.17, 15) is 18.0 Å². The van der Waals surface area contributed by atoms with Gasteiger partial charge in [0.05, 0.1) is 4.88 Å². The van der Waals surface area contributed by atoms with Gasteiger partial charge in [-0.1, -0.05) is 5.16 Å². The van der Waals surface area contributed by atoms with Crippen molar-refractivity contribution in [1.29, 1.82) is 0 Å². The van der Waals surface area contributed by atoms with Gasteiger partial charge in [-0.3, -0.25) is 9.48 Å². The first-order valence-electron chi connectivity index (χ1n) is 7.63. The van der Waals surface area contributed by atoms with E-state index in [-0.39, 0.29) is 11.7 Å². The zero-order valence-corrected chi connectivity index (χ0v) is 14.3. The van der Waals surface area contributed by atoms with Crippen LogP contribution in [0.4, 0.5) is 13.2 Å². The SMILES string of the molecule is Cn1ccc(C(=O)N2CCc3sc(-c4noc(C(F)(F)F)n4)cc3C2)n1. The van der Waals surface area contributed by atoms with E-state index < -0.39 is 12.1 Å². The highest BCUT2D eigenvalue weighted by Gasteiger charge is 2.38. The zero-order valence-electron chi connectivity index (χ0n) is 13.4. The minimum atomic E-state index is -4.67. The number of halogens is 3. The first-order chi connectivity index (χ1) is 12.3. The third kappa shape index (κ3) is 2.98. The van der Waals surface area contributed by atoms with Crippen molar-refractivity contribution in [2.24, 2.45) is 7.05 Å². The molecule has 0 saturated heterocycles. The lowest BCUT2D eigenvalue weighted by Crippen LogP contribution is -2.35. The Morgan fingerprint density at radius 1 is 1.38 bits per heavy atom. The van der Waals surface area contributed by atoms with Crippen LogP contribution in [0.5, 0.6) is 0 Å². The fraction of sp³-hybridized carbons (Fsp3) is 0.333. The Morgan fingerprint density at radius 2 is 2.19 bits per heavy atom. The Bertz CT molecular complexity index is 974. The van der Waals surface area contributed by atoms with Crippen LogP contribution in [0.3, 0.4) is 0 Å². The smallest absolute Gasteiger partial charge is 0.333 e. The lowest BCUT2D eigenvalue weighted by Gasteiger charge is -2.26. The van der Waals surface area contributed by atoms with Crippen LogP contribution in [0, 0.1) is 0 Å². The summed E-state index contributed by atoms with van der Waals surface area (Å²) >= 11 is 1.32. The van der Waals surface area contributed by atoms with Crippen molar-refractivity contribution in [3.8, 4) is 10.7 Å². The van der Waals surface area contributed by atoms with E-state index in [1.165, 1.54) is 11.3 Å². The molecule has 1 aliphatic rings. The first-order valence-corrected chi connectivity index (χ1v) is 8.44. The predicted octanol–water partition coefficient (Wildman–Crippen LogP) is 2.75. The summed E-state index contributed by atoms with van der Waals surface area (Å²) in [6.45, 7) is 0.883. The van der Waals surface area contributed by atoms with Crippen LogP contribution in [-0.4, -0.2) is 37.3 Å². The Morgan fingerprint density at radius 3 is 2.85 bits per heavy atom. The highest BCUT2D eigenvalue weighted by molar-refractivity contribution is 7.15. The standard InChI is InChI=1S/C15H12F3N5O2S/c1-22-4-2-9(20-22)13(24)23-5-3-10-8(7-23)6-11(26-10)12-19-14(25-21-12)15(16,17)18/h2,4,6H,3,5,7H2,1H3. The second-order valence-electron chi connectivity index (χ2n) is 5.83. The lowest BCUT2D eigenvalue weighted by atomic mass is 10.1. The maximum absolute atomic E-state index is 12.6. The average Bonchev–Trinajstić information content (AvgIpc) is 3.31. The quantitative estimate of drug-likeness (QED) is 0.680. The van der Waals surface area contributed by atoms with Gasteiger partial charge >= 0.3 is 12.1 Å². The summed E-state index contributed by atoms with van der Waals surface area (Å²) in [4.78, 5) is 19.1. The number of aryl methyl sites for hydroxylation is 1. The molecule has 0 fully saturated rings. The van der Waals surface area contributed by atoms with E-state index in [1.807, 2.05) is 0 Å². The molecule has 0 atom stereocenters. The Balaban J connectivity index is 1.56. The highest BCUT2D eigenvalue weighted by Crippen LogP contribution is 2.35. The second kappa shape index (κ2) is 5.94. The summed E-state index contributed by atoms with van der Waals surface area (Å²) < 4.78 is 43.6. The third-order valence-corrected chi connectivity index (χ3v) is 5.21. The number of aromatic nitrogens is 4. The fourth-order valence-corrected chi connectivity index (χ4v) is 3.84. The summed E-state index contributed by atoms with van der Waals surface area (Å²) in [6, 6.07) is 3.36. The van der Waals surface area contributed by atoms with Crippen LogP contribution < -0.4 is 0 Å². The number of hydrogen-bond donors (Lipinski definition) is 0. The number of thiophene rings is 1. The monoisotopic (exact) mass is 383 g/mol. The van der Waals surface area contributed by atoms with Gasteiger partial charge in [-0.2, -0.15) is 23.3 Å². The molecule has 4 heterocycles. The van der Waals surface area contributed by atoms with Crippen LogP contribution in [-0.2, 0) is 26.2 Å². The van der Waals surface area contributed by atoms with Gasteiger partial charge in [0.2, 0.25) is 5.82 Å². The molecule has 0 aliphatic carbocycles. The normalized spacial score (nSPS) is 14.5. The largest absolute Gasteiger partial charge is 0.471 e. The predicted molar refractivity (Wildman–Crippen MR) is 84.3 cm³/mol. The molecule has 0 aromatic carbocycles. The highest BCUT2D eigenvalue weighted by atomic mass is 32.1. The number of carbonyl (C=O) groups excluding carboxylic acids is 1. The van der Waals surface area contributed by atoms with Gasteiger partial charge in [0.15, 0.2) is 0 Å². The van der Waals surface area contributed by atoms with Gasteiger partial charge in [0.1, 0.15) is 5.69 Å². The number of amides is 1.